The minimum Gasteiger partial charge on any atom is -0.491 e. The smallest absolute Gasteiger partial charge is 0.125 e. The van der Waals surface area contributed by atoms with Gasteiger partial charge in [-0.15, -0.1) is 0 Å². The van der Waals surface area contributed by atoms with Crippen molar-refractivity contribution >= 4 is 0 Å². The van der Waals surface area contributed by atoms with Gasteiger partial charge in [0, 0.05) is 18.0 Å². The van der Waals surface area contributed by atoms with Gasteiger partial charge < -0.3 is 15.2 Å². The van der Waals surface area contributed by atoms with E-state index < -0.39 is 0 Å². The van der Waals surface area contributed by atoms with Crippen molar-refractivity contribution in [1.29, 1.82) is 0 Å². The Hall–Kier alpha value is -1.22. The van der Waals surface area contributed by atoms with Gasteiger partial charge in [0.05, 0.1) is 6.10 Å². The molecule has 0 spiro atoms. The first-order valence-electron chi connectivity index (χ1n) is 6.69. The molecule has 1 aliphatic rings. The average Bonchev–Trinajstić information content (AvgIpc) is 2.29. The molecular weight excluding hydrogens is 226 g/mol. The number of hydrogen-bond donors (Lipinski definition) is 1. The van der Waals surface area contributed by atoms with Gasteiger partial charge in [-0.05, 0) is 45.4 Å². The topological polar surface area (TPSA) is 44.5 Å². The van der Waals surface area contributed by atoms with Crippen molar-refractivity contribution in [3.05, 3.63) is 23.8 Å². The van der Waals surface area contributed by atoms with Crippen LogP contribution >= 0.6 is 0 Å². The summed E-state index contributed by atoms with van der Waals surface area (Å²) in [4.78, 5) is 0. The van der Waals surface area contributed by atoms with E-state index in [1.165, 1.54) is 0 Å². The normalized spacial score (nSPS) is 26.7. The van der Waals surface area contributed by atoms with E-state index in [0.717, 1.165) is 29.9 Å². The second-order valence-corrected chi connectivity index (χ2v) is 5.58. The molecule has 18 heavy (non-hydrogen) atoms. The third-order valence-corrected chi connectivity index (χ3v) is 3.51. The predicted molar refractivity (Wildman–Crippen MR) is 73.1 cm³/mol. The van der Waals surface area contributed by atoms with Crippen molar-refractivity contribution < 1.29 is 9.47 Å². The Balaban J connectivity index is 2.29. The van der Waals surface area contributed by atoms with E-state index in [-0.39, 0.29) is 17.7 Å². The van der Waals surface area contributed by atoms with Gasteiger partial charge in [0.2, 0.25) is 0 Å². The molecule has 0 saturated carbocycles. The summed E-state index contributed by atoms with van der Waals surface area (Å²) in [5, 5.41) is 0. The lowest BCUT2D eigenvalue weighted by Crippen LogP contribution is -2.39. The molecule has 3 nitrogen and oxygen atoms in total. The van der Waals surface area contributed by atoms with E-state index in [1.807, 2.05) is 32.0 Å². The van der Waals surface area contributed by atoms with Crippen molar-refractivity contribution in [2.45, 2.75) is 58.3 Å². The first-order valence-corrected chi connectivity index (χ1v) is 6.69. The SMILES string of the molecule is CCC1(C)CC(N)c2cc(OC(C)C)ccc2O1. The predicted octanol–water partition coefficient (Wildman–Crippen LogP) is 3.42. The van der Waals surface area contributed by atoms with Crippen molar-refractivity contribution in [2.75, 3.05) is 0 Å². The van der Waals surface area contributed by atoms with Crippen molar-refractivity contribution in [1.82, 2.24) is 0 Å². The lowest BCUT2D eigenvalue weighted by atomic mass is 9.87. The molecule has 0 amide bonds. The van der Waals surface area contributed by atoms with Gasteiger partial charge in [-0.2, -0.15) is 0 Å². The van der Waals surface area contributed by atoms with E-state index in [2.05, 4.69) is 13.8 Å². The molecule has 0 saturated heterocycles. The highest BCUT2D eigenvalue weighted by atomic mass is 16.5. The number of ether oxygens (including phenoxy) is 2. The molecule has 0 radical (unpaired) electrons. The quantitative estimate of drug-likeness (QED) is 0.892. The van der Waals surface area contributed by atoms with Crippen LogP contribution in [0.2, 0.25) is 0 Å². The largest absolute Gasteiger partial charge is 0.491 e. The van der Waals surface area contributed by atoms with E-state index >= 15 is 0 Å². The molecule has 1 heterocycles. The van der Waals surface area contributed by atoms with Gasteiger partial charge in [-0.25, -0.2) is 0 Å². The van der Waals surface area contributed by atoms with Crippen LogP contribution in [0.4, 0.5) is 0 Å². The first kappa shape index (κ1) is 13.2. The monoisotopic (exact) mass is 249 g/mol. The van der Waals surface area contributed by atoms with Gasteiger partial charge in [-0.1, -0.05) is 6.92 Å². The second-order valence-electron chi connectivity index (χ2n) is 5.58. The molecule has 0 aliphatic carbocycles. The number of rotatable bonds is 3. The molecule has 3 heteroatoms. The van der Waals surface area contributed by atoms with Gasteiger partial charge in [0.15, 0.2) is 0 Å². The van der Waals surface area contributed by atoms with Gasteiger partial charge in [-0.3, -0.25) is 0 Å². The summed E-state index contributed by atoms with van der Waals surface area (Å²) >= 11 is 0. The Labute approximate surface area is 109 Å². The van der Waals surface area contributed by atoms with E-state index in [4.69, 9.17) is 15.2 Å². The average molecular weight is 249 g/mol. The molecule has 1 aromatic rings. The molecule has 2 N–H and O–H groups in total. The van der Waals surface area contributed by atoms with E-state index in [0.29, 0.717) is 0 Å². The lowest BCUT2D eigenvalue weighted by Gasteiger charge is -2.38. The van der Waals surface area contributed by atoms with E-state index in [9.17, 15) is 0 Å². The molecular formula is C15H23NO2. The maximum absolute atomic E-state index is 6.26. The first-order chi connectivity index (χ1) is 8.43. The van der Waals surface area contributed by atoms with Crippen LogP contribution in [0.25, 0.3) is 0 Å². The molecule has 1 aliphatic heterocycles. The summed E-state index contributed by atoms with van der Waals surface area (Å²) in [6.45, 7) is 8.29. The van der Waals surface area contributed by atoms with Crippen LogP contribution in [0.3, 0.4) is 0 Å². The minimum atomic E-state index is -0.146. The minimum absolute atomic E-state index is 0.0226. The van der Waals surface area contributed by atoms with Gasteiger partial charge in [0.25, 0.3) is 0 Å². The molecule has 1 aromatic carbocycles. The highest BCUT2D eigenvalue weighted by molar-refractivity contribution is 5.44. The molecule has 2 atom stereocenters. The third kappa shape index (κ3) is 2.61. The third-order valence-electron chi connectivity index (χ3n) is 3.51. The number of benzene rings is 1. The summed E-state index contributed by atoms with van der Waals surface area (Å²) in [7, 11) is 0. The Bertz CT molecular complexity index is 431. The van der Waals surface area contributed by atoms with Crippen LogP contribution < -0.4 is 15.2 Å². The zero-order chi connectivity index (χ0) is 13.3. The molecule has 2 unspecified atom stereocenters. The Morgan fingerprint density at radius 2 is 2.22 bits per heavy atom. The number of nitrogens with two attached hydrogens (primary N) is 1. The fraction of sp³-hybridized carbons (Fsp3) is 0.600. The fourth-order valence-corrected chi connectivity index (χ4v) is 2.35. The van der Waals surface area contributed by atoms with Gasteiger partial charge in [0.1, 0.15) is 17.1 Å². The van der Waals surface area contributed by atoms with Crippen LogP contribution in [0.1, 0.15) is 52.1 Å². The highest BCUT2D eigenvalue weighted by Gasteiger charge is 2.34. The van der Waals surface area contributed by atoms with Crippen molar-refractivity contribution in [2.24, 2.45) is 5.73 Å². The molecule has 2 rings (SSSR count). The highest BCUT2D eigenvalue weighted by Crippen LogP contribution is 2.41. The molecule has 100 valence electrons. The van der Waals surface area contributed by atoms with Crippen molar-refractivity contribution in [3.8, 4) is 11.5 Å². The second kappa shape index (κ2) is 4.81. The summed E-state index contributed by atoms with van der Waals surface area (Å²) < 4.78 is 11.8. The summed E-state index contributed by atoms with van der Waals surface area (Å²) in [5.74, 6) is 1.76. The lowest BCUT2D eigenvalue weighted by molar-refractivity contribution is 0.0500. The molecule has 0 fully saturated rings. The number of hydrogen-bond acceptors (Lipinski definition) is 3. The zero-order valence-corrected chi connectivity index (χ0v) is 11.7. The standard InChI is InChI=1S/C15H23NO2/c1-5-15(4)9-13(16)12-8-11(17-10(2)3)6-7-14(12)18-15/h6-8,10,13H,5,9,16H2,1-4H3. The van der Waals surface area contributed by atoms with Crippen LogP contribution in [0.15, 0.2) is 18.2 Å². The maximum Gasteiger partial charge on any atom is 0.125 e. The van der Waals surface area contributed by atoms with Crippen LogP contribution in [0, 0.1) is 0 Å². The van der Waals surface area contributed by atoms with Crippen LogP contribution in [0.5, 0.6) is 11.5 Å². The fourth-order valence-electron chi connectivity index (χ4n) is 2.35. The molecule has 0 bridgehead atoms. The van der Waals surface area contributed by atoms with Gasteiger partial charge >= 0.3 is 0 Å². The Kier molecular flexibility index (Phi) is 3.53. The summed E-state index contributed by atoms with van der Waals surface area (Å²) in [6, 6.07) is 5.96. The van der Waals surface area contributed by atoms with Crippen LogP contribution in [-0.4, -0.2) is 11.7 Å². The number of fused-ring (bicyclic) bond motifs is 1. The Morgan fingerprint density at radius 1 is 1.50 bits per heavy atom. The molecule has 0 aromatic heterocycles. The Morgan fingerprint density at radius 3 is 2.83 bits per heavy atom. The van der Waals surface area contributed by atoms with Crippen molar-refractivity contribution in [3.63, 3.8) is 0 Å². The van der Waals surface area contributed by atoms with Crippen LogP contribution in [-0.2, 0) is 0 Å². The summed E-state index contributed by atoms with van der Waals surface area (Å²) in [6.07, 6.45) is 1.98. The van der Waals surface area contributed by atoms with E-state index in [1.54, 1.807) is 0 Å². The summed E-state index contributed by atoms with van der Waals surface area (Å²) in [5.41, 5.74) is 7.17. The zero-order valence-electron chi connectivity index (χ0n) is 11.7. The maximum atomic E-state index is 6.26.